The van der Waals surface area contributed by atoms with Gasteiger partial charge in [0.1, 0.15) is 22.5 Å². The van der Waals surface area contributed by atoms with Gasteiger partial charge in [-0.1, -0.05) is 12.1 Å². The van der Waals surface area contributed by atoms with Crippen molar-refractivity contribution in [2.24, 2.45) is 7.05 Å². The number of nitrogens with one attached hydrogen (secondary N) is 1. The van der Waals surface area contributed by atoms with E-state index in [0.29, 0.717) is 34.7 Å². The summed E-state index contributed by atoms with van der Waals surface area (Å²) in [6, 6.07) is 10.7. The van der Waals surface area contributed by atoms with Crippen LogP contribution in [-0.4, -0.2) is 27.0 Å². The van der Waals surface area contributed by atoms with Crippen LogP contribution in [0, 0.1) is 11.6 Å². The molecule has 1 N–H and O–H groups in total. The molecule has 0 aliphatic carbocycles. The van der Waals surface area contributed by atoms with Crippen LogP contribution in [0.1, 0.15) is 11.5 Å². The van der Waals surface area contributed by atoms with E-state index in [1.807, 2.05) is 11.6 Å². The lowest BCUT2D eigenvalue weighted by Crippen LogP contribution is -2.27. The van der Waals surface area contributed by atoms with Crippen LogP contribution < -0.4 is 5.32 Å². The van der Waals surface area contributed by atoms with Gasteiger partial charge in [-0.3, -0.25) is 4.79 Å². The number of aromatic nitrogens is 3. The third-order valence-corrected chi connectivity index (χ3v) is 5.51. The normalized spacial score (nSPS) is 11.1. The number of amides is 1. The van der Waals surface area contributed by atoms with Crippen molar-refractivity contribution in [3.63, 3.8) is 0 Å². The SMILES string of the molecule is Cn1c(CCNC(=O)Cc2csc(-c3cccc(F)c3)n2)nc2cc(F)ccc21. The summed E-state index contributed by atoms with van der Waals surface area (Å²) < 4.78 is 28.6. The van der Waals surface area contributed by atoms with Gasteiger partial charge >= 0.3 is 0 Å². The minimum absolute atomic E-state index is 0.147. The average Bonchev–Trinajstić information content (AvgIpc) is 3.26. The number of rotatable bonds is 6. The quantitative estimate of drug-likeness (QED) is 0.523. The molecule has 0 fully saturated rings. The van der Waals surface area contributed by atoms with Crippen LogP contribution in [0.4, 0.5) is 8.78 Å². The molecule has 5 nitrogen and oxygen atoms in total. The smallest absolute Gasteiger partial charge is 0.226 e. The molecule has 0 unspecified atom stereocenters. The van der Waals surface area contributed by atoms with E-state index >= 15 is 0 Å². The minimum atomic E-state index is -0.323. The highest BCUT2D eigenvalue weighted by Crippen LogP contribution is 2.24. The van der Waals surface area contributed by atoms with Crippen molar-refractivity contribution in [1.29, 1.82) is 0 Å². The zero-order chi connectivity index (χ0) is 20.4. The molecule has 4 aromatic rings. The first kappa shape index (κ1) is 19.2. The highest BCUT2D eigenvalue weighted by molar-refractivity contribution is 7.13. The van der Waals surface area contributed by atoms with Gasteiger partial charge in [-0.25, -0.2) is 18.7 Å². The van der Waals surface area contributed by atoms with Crippen LogP contribution in [0.3, 0.4) is 0 Å². The van der Waals surface area contributed by atoms with E-state index in [-0.39, 0.29) is 24.0 Å². The van der Waals surface area contributed by atoms with Gasteiger partial charge in [0.25, 0.3) is 0 Å². The molecule has 0 bridgehead atoms. The number of fused-ring (bicyclic) bond motifs is 1. The molecule has 0 spiro atoms. The Morgan fingerprint density at radius 3 is 2.79 bits per heavy atom. The highest BCUT2D eigenvalue weighted by Gasteiger charge is 2.11. The Labute approximate surface area is 170 Å². The van der Waals surface area contributed by atoms with Crippen LogP contribution >= 0.6 is 11.3 Å². The number of nitrogens with zero attached hydrogens (tertiary/aromatic N) is 3. The second-order valence-electron chi connectivity index (χ2n) is 6.65. The minimum Gasteiger partial charge on any atom is -0.355 e. The van der Waals surface area contributed by atoms with E-state index < -0.39 is 0 Å². The number of benzene rings is 2. The Morgan fingerprint density at radius 2 is 1.97 bits per heavy atom. The molecule has 1 amide bonds. The number of carbonyl (C=O) groups excluding carboxylic acids is 1. The molecule has 148 valence electrons. The largest absolute Gasteiger partial charge is 0.355 e. The molecule has 29 heavy (non-hydrogen) atoms. The third kappa shape index (κ3) is 4.32. The molecule has 0 radical (unpaired) electrons. The van der Waals surface area contributed by atoms with Crippen LogP contribution in [0.2, 0.25) is 0 Å². The van der Waals surface area contributed by atoms with Crippen LogP contribution in [0.15, 0.2) is 47.8 Å². The highest BCUT2D eigenvalue weighted by atomic mass is 32.1. The Morgan fingerprint density at radius 1 is 1.14 bits per heavy atom. The number of hydrogen-bond acceptors (Lipinski definition) is 4. The number of imidazole rings is 1. The van der Waals surface area contributed by atoms with E-state index in [2.05, 4.69) is 15.3 Å². The first-order valence-electron chi connectivity index (χ1n) is 9.07. The lowest BCUT2D eigenvalue weighted by atomic mass is 10.2. The van der Waals surface area contributed by atoms with Crippen LogP contribution in [0.5, 0.6) is 0 Å². The summed E-state index contributed by atoms with van der Waals surface area (Å²) in [5.41, 5.74) is 2.78. The van der Waals surface area contributed by atoms with Crippen molar-refractivity contribution in [2.75, 3.05) is 6.54 Å². The maximum Gasteiger partial charge on any atom is 0.226 e. The van der Waals surface area contributed by atoms with E-state index in [1.54, 1.807) is 23.6 Å². The van der Waals surface area contributed by atoms with Crippen molar-refractivity contribution in [1.82, 2.24) is 19.9 Å². The van der Waals surface area contributed by atoms with Gasteiger partial charge in [0, 0.05) is 37.0 Å². The zero-order valence-electron chi connectivity index (χ0n) is 15.7. The van der Waals surface area contributed by atoms with E-state index in [9.17, 15) is 13.6 Å². The fraction of sp³-hybridized carbons (Fsp3) is 0.190. The van der Waals surface area contributed by atoms with Crippen molar-refractivity contribution >= 4 is 28.3 Å². The number of aryl methyl sites for hydroxylation is 1. The third-order valence-electron chi connectivity index (χ3n) is 4.57. The summed E-state index contributed by atoms with van der Waals surface area (Å²) in [5, 5.41) is 5.34. The van der Waals surface area contributed by atoms with Gasteiger partial charge in [-0.15, -0.1) is 11.3 Å². The molecule has 8 heteroatoms. The predicted octanol–water partition coefficient (Wildman–Crippen LogP) is 3.88. The standard InChI is InChI=1S/C21H18F2N4OS/c1-27-18-6-5-15(23)10-17(18)26-19(27)7-8-24-20(28)11-16-12-29-21(25-16)13-3-2-4-14(22)9-13/h2-6,9-10,12H,7-8,11H2,1H3,(H,24,28). The maximum absolute atomic E-state index is 13.4. The van der Waals surface area contributed by atoms with Crippen LogP contribution in [-0.2, 0) is 24.7 Å². The molecule has 2 aromatic heterocycles. The molecule has 0 saturated heterocycles. The summed E-state index contributed by atoms with van der Waals surface area (Å²) in [6.07, 6.45) is 0.684. The van der Waals surface area contributed by atoms with Gasteiger partial charge < -0.3 is 9.88 Å². The first-order valence-corrected chi connectivity index (χ1v) is 9.95. The Bertz CT molecular complexity index is 1180. The Hall–Kier alpha value is -3.13. The van der Waals surface area contributed by atoms with Crippen molar-refractivity contribution in [3.05, 3.63) is 71.0 Å². The number of halogens is 2. The molecule has 0 atom stereocenters. The van der Waals surface area contributed by atoms with Gasteiger partial charge in [-0.2, -0.15) is 0 Å². The number of thiazole rings is 1. The van der Waals surface area contributed by atoms with E-state index in [0.717, 1.165) is 11.3 Å². The monoisotopic (exact) mass is 412 g/mol. The number of hydrogen-bond donors (Lipinski definition) is 1. The fourth-order valence-electron chi connectivity index (χ4n) is 3.13. The second-order valence-corrected chi connectivity index (χ2v) is 7.51. The molecule has 2 aromatic carbocycles. The zero-order valence-corrected chi connectivity index (χ0v) is 16.5. The summed E-state index contributed by atoms with van der Waals surface area (Å²) in [5.74, 6) is -0.0168. The Kier molecular flexibility index (Phi) is 5.35. The van der Waals surface area contributed by atoms with Gasteiger partial charge in [0.15, 0.2) is 0 Å². The lowest BCUT2D eigenvalue weighted by Gasteiger charge is -2.05. The molecule has 0 aliphatic rings. The van der Waals surface area contributed by atoms with E-state index in [1.165, 1.54) is 35.6 Å². The summed E-state index contributed by atoms with van der Waals surface area (Å²) >= 11 is 1.38. The van der Waals surface area contributed by atoms with E-state index in [4.69, 9.17) is 0 Å². The summed E-state index contributed by atoms with van der Waals surface area (Å²) in [4.78, 5) is 21.1. The Balaban J connectivity index is 1.33. The molecule has 0 aliphatic heterocycles. The van der Waals surface area contributed by atoms with Crippen molar-refractivity contribution in [3.8, 4) is 10.6 Å². The van der Waals surface area contributed by atoms with Gasteiger partial charge in [-0.05, 0) is 24.3 Å². The first-order chi connectivity index (χ1) is 14.0. The fourth-order valence-corrected chi connectivity index (χ4v) is 3.95. The number of carbonyl (C=O) groups is 1. The maximum atomic E-state index is 13.4. The predicted molar refractivity (Wildman–Crippen MR) is 109 cm³/mol. The molecule has 4 rings (SSSR count). The topological polar surface area (TPSA) is 59.8 Å². The van der Waals surface area contributed by atoms with Gasteiger partial charge in [0.2, 0.25) is 5.91 Å². The summed E-state index contributed by atoms with van der Waals surface area (Å²) in [6.45, 7) is 0.416. The van der Waals surface area contributed by atoms with Crippen molar-refractivity contribution in [2.45, 2.75) is 12.8 Å². The lowest BCUT2D eigenvalue weighted by molar-refractivity contribution is -0.120. The average molecular weight is 412 g/mol. The second kappa shape index (κ2) is 8.08. The van der Waals surface area contributed by atoms with Crippen molar-refractivity contribution < 1.29 is 13.6 Å². The molecular formula is C21H18F2N4OS. The molecule has 2 heterocycles. The van der Waals surface area contributed by atoms with Gasteiger partial charge in [0.05, 0.1) is 23.1 Å². The molecule has 0 saturated carbocycles. The van der Waals surface area contributed by atoms with Crippen LogP contribution in [0.25, 0.3) is 21.6 Å². The molecular weight excluding hydrogens is 394 g/mol. The summed E-state index contributed by atoms with van der Waals surface area (Å²) in [7, 11) is 1.87.